The summed E-state index contributed by atoms with van der Waals surface area (Å²) >= 11 is 6.25. The van der Waals surface area contributed by atoms with E-state index in [9.17, 15) is 18.8 Å². The molecule has 0 bridgehead atoms. The van der Waals surface area contributed by atoms with Gasteiger partial charge < -0.3 is 0 Å². The van der Waals surface area contributed by atoms with Gasteiger partial charge in [-0.25, -0.2) is 9.29 Å². The van der Waals surface area contributed by atoms with E-state index in [1.165, 1.54) is 24.3 Å². The fourth-order valence-electron chi connectivity index (χ4n) is 5.18. The van der Waals surface area contributed by atoms with E-state index in [0.717, 1.165) is 17.7 Å². The average molecular weight is 413 g/mol. The number of nitrogens with zero attached hydrogens (tertiary/aromatic N) is 2. The lowest BCUT2D eigenvalue weighted by Gasteiger charge is -2.27. The predicted molar refractivity (Wildman–Crippen MR) is 105 cm³/mol. The van der Waals surface area contributed by atoms with Gasteiger partial charge in [-0.3, -0.25) is 19.3 Å². The molecule has 148 valence electrons. The maximum absolute atomic E-state index is 13.4. The van der Waals surface area contributed by atoms with Crippen LogP contribution in [0.1, 0.15) is 23.2 Å². The van der Waals surface area contributed by atoms with Crippen molar-refractivity contribution in [3.05, 3.63) is 64.9 Å². The number of imide groups is 1. The summed E-state index contributed by atoms with van der Waals surface area (Å²) in [4.78, 5) is 43.2. The quantitative estimate of drug-likeness (QED) is 0.573. The van der Waals surface area contributed by atoms with Crippen LogP contribution in [0.25, 0.3) is 0 Å². The highest BCUT2D eigenvalue weighted by molar-refractivity contribution is 6.34. The molecular formula is C22H18ClFN2O3. The second-order valence-corrected chi connectivity index (χ2v) is 8.18. The van der Waals surface area contributed by atoms with Crippen molar-refractivity contribution in [1.29, 1.82) is 0 Å². The third-order valence-electron chi connectivity index (χ3n) is 6.34. The number of halogens is 2. The van der Waals surface area contributed by atoms with E-state index in [2.05, 4.69) is 0 Å². The largest absolute Gasteiger partial charge is 0.292 e. The van der Waals surface area contributed by atoms with Crippen molar-refractivity contribution in [3.8, 4) is 0 Å². The number of rotatable bonds is 3. The molecule has 7 heteroatoms. The Kier molecular flexibility index (Phi) is 4.29. The third kappa shape index (κ3) is 2.66. The summed E-state index contributed by atoms with van der Waals surface area (Å²) in [5.74, 6) is -2.68. The number of benzene rings is 2. The van der Waals surface area contributed by atoms with E-state index in [1.807, 2.05) is 4.90 Å². The number of amides is 2. The minimum absolute atomic E-state index is 0.140. The summed E-state index contributed by atoms with van der Waals surface area (Å²) < 4.78 is 13.3. The second-order valence-electron chi connectivity index (χ2n) is 7.78. The highest BCUT2D eigenvalue weighted by Gasteiger charge is 2.64. The van der Waals surface area contributed by atoms with Gasteiger partial charge in [0.15, 0.2) is 5.78 Å². The number of anilines is 1. The van der Waals surface area contributed by atoms with Gasteiger partial charge in [0, 0.05) is 11.6 Å². The maximum atomic E-state index is 13.4. The number of fused-ring (bicyclic) bond motifs is 3. The molecule has 2 aromatic carbocycles. The van der Waals surface area contributed by atoms with Crippen molar-refractivity contribution in [3.63, 3.8) is 0 Å². The van der Waals surface area contributed by atoms with E-state index < -0.39 is 29.6 Å². The van der Waals surface area contributed by atoms with Crippen LogP contribution in [0.15, 0.2) is 48.5 Å². The van der Waals surface area contributed by atoms with Gasteiger partial charge >= 0.3 is 0 Å². The summed E-state index contributed by atoms with van der Waals surface area (Å²) in [7, 11) is 0. The lowest BCUT2D eigenvalue weighted by atomic mass is 9.85. The number of hydrogen-bond donors (Lipinski definition) is 0. The first-order valence-electron chi connectivity index (χ1n) is 9.67. The van der Waals surface area contributed by atoms with Crippen LogP contribution in [0.5, 0.6) is 0 Å². The van der Waals surface area contributed by atoms with Crippen LogP contribution in [0.2, 0.25) is 5.02 Å². The van der Waals surface area contributed by atoms with Crippen LogP contribution in [0.3, 0.4) is 0 Å². The summed E-state index contributed by atoms with van der Waals surface area (Å²) in [6.45, 7) is 0.676. The third-order valence-corrected chi connectivity index (χ3v) is 6.67. The summed E-state index contributed by atoms with van der Waals surface area (Å²) in [5.41, 5.74) is 0.704. The Balaban J connectivity index is 1.56. The number of Topliss-reactive ketones (excluding diaryl/α,β-unsaturated/α-hetero) is 1. The smallest absolute Gasteiger partial charge is 0.239 e. The molecule has 0 spiro atoms. The lowest BCUT2D eigenvalue weighted by molar-refractivity contribution is -0.123. The zero-order valence-electron chi connectivity index (χ0n) is 15.4. The van der Waals surface area contributed by atoms with Crippen LogP contribution in [0, 0.1) is 17.7 Å². The maximum Gasteiger partial charge on any atom is 0.239 e. The van der Waals surface area contributed by atoms with Crippen LogP contribution < -0.4 is 4.90 Å². The Bertz CT molecular complexity index is 1020. The summed E-state index contributed by atoms with van der Waals surface area (Å²) in [5, 5.41) is 0.337. The Hall–Kier alpha value is -2.57. The molecule has 0 aromatic heterocycles. The van der Waals surface area contributed by atoms with E-state index in [-0.39, 0.29) is 17.7 Å². The van der Waals surface area contributed by atoms with E-state index in [0.29, 0.717) is 22.8 Å². The van der Waals surface area contributed by atoms with Gasteiger partial charge in [-0.1, -0.05) is 23.7 Å². The molecule has 5 nitrogen and oxygen atoms in total. The van der Waals surface area contributed by atoms with Gasteiger partial charge in [-0.2, -0.15) is 0 Å². The average Bonchev–Trinajstić information content (AvgIpc) is 3.35. The van der Waals surface area contributed by atoms with Crippen molar-refractivity contribution in [2.45, 2.75) is 24.9 Å². The van der Waals surface area contributed by atoms with E-state index in [4.69, 9.17) is 11.6 Å². The van der Waals surface area contributed by atoms with Gasteiger partial charge in [0.1, 0.15) is 5.82 Å². The molecule has 0 aliphatic carbocycles. The Morgan fingerprint density at radius 3 is 2.41 bits per heavy atom. The van der Waals surface area contributed by atoms with Crippen LogP contribution in [-0.4, -0.2) is 41.1 Å². The topological polar surface area (TPSA) is 57.7 Å². The van der Waals surface area contributed by atoms with Crippen LogP contribution >= 0.6 is 11.6 Å². The fourth-order valence-corrected chi connectivity index (χ4v) is 5.41. The van der Waals surface area contributed by atoms with Crippen LogP contribution in [0.4, 0.5) is 10.1 Å². The van der Waals surface area contributed by atoms with E-state index in [1.54, 1.807) is 24.3 Å². The Morgan fingerprint density at radius 1 is 1.00 bits per heavy atom. The molecule has 0 saturated carbocycles. The molecule has 4 atom stereocenters. The van der Waals surface area contributed by atoms with Crippen molar-refractivity contribution < 1.29 is 18.8 Å². The second kappa shape index (κ2) is 6.75. The minimum Gasteiger partial charge on any atom is -0.292 e. The number of ketones is 1. The number of carbonyl (C=O) groups is 3. The van der Waals surface area contributed by atoms with Crippen LogP contribution in [-0.2, 0) is 9.59 Å². The van der Waals surface area contributed by atoms with Gasteiger partial charge in [-0.05, 0) is 55.8 Å². The summed E-state index contributed by atoms with van der Waals surface area (Å²) in [6, 6.07) is 11.2. The molecule has 29 heavy (non-hydrogen) atoms. The molecule has 5 rings (SSSR count). The Labute approximate surface area is 172 Å². The van der Waals surface area contributed by atoms with Gasteiger partial charge in [0.25, 0.3) is 0 Å². The molecule has 2 amide bonds. The minimum atomic E-state index is -0.748. The fraction of sp³-hybridized carbons (Fsp3) is 0.318. The molecule has 3 aliphatic rings. The monoisotopic (exact) mass is 412 g/mol. The van der Waals surface area contributed by atoms with Crippen molar-refractivity contribution in [2.75, 3.05) is 11.4 Å². The van der Waals surface area contributed by atoms with Crippen molar-refractivity contribution in [1.82, 2.24) is 4.90 Å². The Morgan fingerprint density at radius 2 is 1.69 bits per heavy atom. The SMILES string of the molecule is O=C(c1ccccc1Cl)C1C2C(=O)N(c3ccc(F)cc3)C(=O)C2C2CCCN21. The molecule has 3 heterocycles. The van der Waals surface area contributed by atoms with E-state index >= 15 is 0 Å². The molecular weight excluding hydrogens is 395 g/mol. The first-order chi connectivity index (χ1) is 14.0. The summed E-state index contributed by atoms with van der Waals surface area (Å²) in [6.07, 6.45) is 1.64. The molecule has 3 saturated heterocycles. The standard InChI is InChI=1S/C22H18ClFN2O3/c23-15-5-2-1-4-14(15)20(27)19-18-17(16-6-3-11-25(16)19)21(28)26(22(18)29)13-9-7-12(24)8-10-13/h1-2,4-5,7-10,16-19H,3,6,11H2. The zero-order chi connectivity index (χ0) is 20.3. The molecule has 0 N–H and O–H groups in total. The molecule has 0 radical (unpaired) electrons. The molecule has 3 aliphatic heterocycles. The number of carbonyl (C=O) groups excluding carboxylic acids is 3. The first kappa shape index (κ1) is 18.5. The van der Waals surface area contributed by atoms with Gasteiger partial charge in [-0.15, -0.1) is 0 Å². The lowest BCUT2D eigenvalue weighted by Crippen LogP contribution is -2.46. The number of hydrogen-bond acceptors (Lipinski definition) is 4. The van der Waals surface area contributed by atoms with Gasteiger partial charge in [0.2, 0.25) is 11.8 Å². The highest BCUT2D eigenvalue weighted by Crippen LogP contribution is 2.48. The normalized spacial score (nSPS) is 28.7. The molecule has 4 unspecified atom stereocenters. The first-order valence-corrected chi connectivity index (χ1v) is 10.0. The highest BCUT2D eigenvalue weighted by atomic mass is 35.5. The van der Waals surface area contributed by atoms with Gasteiger partial charge in [0.05, 0.1) is 28.6 Å². The van der Waals surface area contributed by atoms with Crippen molar-refractivity contribution in [2.24, 2.45) is 11.8 Å². The molecule has 2 aromatic rings. The van der Waals surface area contributed by atoms with Crippen molar-refractivity contribution >= 4 is 34.9 Å². The predicted octanol–water partition coefficient (Wildman–Crippen LogP) is 3.31. The zero-order valence-corrected chi connectivity index (χ0v) is 16.2. The molecule has 3 fully saturated rings.